The normalized spacial score (nSPS) is 16.1. The van der Waals surface area contributed by atoms with Gasteiger partial charge in [-0.25, -0.2) is 14.2 Å². The van der Waals surface area contributed by atoms with E-state index in [4.69, 9.17) is 15.0 Å². The summed E-state index contributed by atoms with van der Waals surface area (Å²) in [5, 5.41) is 17.8. The number of carbonyl (C=O) groups is 2. The molecule has 0 spiro atoms. The van der Waals surface area contributed by atoms with Gasteiger partial charge in [0.2, 0.25) is 5.91 Å². The molecule has 0 N–H and O–H groups in total. The van der Waals surface area contributed by atoms with E-state index in [1.165, 1.54) is 15.8 Å². The molecule has 5 heterocycles. The molecule has 13 nitrogen and oxygen atoms in total. The first-order chi connectivity index (χ1) is 18.6. The molecule has 0 saturated carbocycles. The van der Waals surface area contributed by atoms with Gasteiger partial charge in [-0.05, 0) is 45.5 Å². The quantitative estimate of drug-likeness (QED) is 0.454. The molecule has 2 saturated heterocycles. The van der Waals surface area contributed by atoms with E-state index in [0.29, 0.717) is 37.5 Å². The van der Waals surface area contributed by atoms with Crippen LogP contribution in [0.5, 0.6) is 0 Å². The predicted octanol–water partition coefficient (Wildman–Crippen LogP) is 2.04. The molecular formula is C26H32N10O3. The average Bonchev–Trinajstić information content (AvgIpc) is 3.48. The van der Waals surface area contributed by atoms with Gasteiger partial charge in [-0.2, -0.15) is 15.3 Å². The van der Waals surface area contributed by atoms with Crippen molar-refractivity contribution in [2.24, 2.45) is 0 Å². The van der Waals surface area contributed by atoms with Crippen LogP contribution in [-0.2, 0) is 16.1 Å². The second kappa shape index (κ2) is 10.4. The highest BCUT2D eigenvalue weighted by molar-refractivity contribution is 5.94. The fourth-order valence-corrected chi connectivity index (χ4v) is 4.48. The Hall–Kier alpha value is -4.44. The summed E-state index contributed by atoms with van der Waals surface area (Å²) in [6, 6.07) is 5.85. The standard InChI is InChI=1S/C26H32N10O3/c1-26(2,3)39-25(38)36(20-14-28-34(17-20)18-22(37)32-12-10-31(4)11-13-32)24-29-23-21(6-5-9-35(23)30-24)33-15-19(16-33)7-8-27/h5-7,9,14,17H,10-13,15-16,18H2,1-4H3. The van der Waals surface area contributed by atoms with Gasteiger partial charge in [-0.3, -0.25) is 9.48 Å². The predicted molar refractivity (Wildman–Crippen MR) is 144 cm³/mol. The van der Waals surface area contributed by atoms with Gasteiger partial charge in [-0.15, -0.1) is 5.10 Å². The Morgan fingerprint density at radius 3 is 2.64 bits per heavy atom. The van der Waals surface area contributed by atoms with Gasteiger partial charge in [0.15, 0.2) is 5.65 Å². The number of nitriles is 1. The summed E-state index contributed by atoms with van der Waals surface area (Å²) in [6.45, 7) is 9.67. The summed E-state index contributed by atoms with van der Waals surface area (Å²) in [5.74, 6) is 0.0892. The van der Waals surface area contributed by atoms with Crippen molar-refractivity contribution in [3.8, 4) is 6.07 Å². The third kappa shape index (κ3) is 5.70. The fraction of sp³-hybridized carbons (Fsp3) is 0.462. The van der Waals surface area contributed by atoms with Crippen molar-refractivity contribution >= 4 is 35.0 Å². The summed E-state index contributed by atoms with van der Waals surface area (Å²) in [7, 11) is 2.04. The third-order valence-corrected chi connectivity index (χ3v) is 6.53. The number of hydrogen-bond donors (Lipinski definition) is 0. The van der Waals surface area contributed by atoms with Crippen molar-refractivity contribution in [1.82, 2.24) is 34.2 Å². The van der Waals surface area contributed by atoms with E-state index in [9.17, 15) is 9.59 Å². The summed E-state index contributed by atoms with van der Waals surface area (Å²) < 4.78 is 8.80. The number of carbonyl (C=O) groups excluding carboxylic acids is 2. The van der Waals surface area contributed by atoms with Crippen LogP contribution in [-0.4, -0.2) is 98.1 Å². The molecule has 39 heavy (non-hydrogen) atoms. The molecular weight excluding hydrogens is 500 g/mol. The highest BCUT2D eigenvalue weighted by Crippen LogP contribution is 2.31. The number of fused-ring (bicyclic) bond motifs is 1. The Bertz CT molecular complexity index is 1440. The largest absolute Gasteiger partial charge is 0.443 e. The minimum atomic E-state index is -0.756. The first-order valence-corrected chi connectivity index (χ1v) is 12.8. The van der Waals surface area contributed by atoms with Crippen LogP contribution in [0.15, 0.2) is 42.4 Å². The number of hydrogen-bond acceptors (Lipinski definition) is 9. The lowest BCUT2D eigenvalue weighted by Crippen LogP contribution is -2.48. The van der Waals surface area contributed by atoms with Gasteiger partial charge in [-0.1, -0.05) is 0 Å². The Kier molecular flexibility index (Phi) is 6.96. The molecule has 5 rings (SSSR count). The molecule has 204 valence electrons. The molecule has 13 heteroatoms. The van der Waals surface area contributed by atoms with Crippen molar-refractivity contribution in [3.63, 3.8) is 0 Å². The molecule has 2 aliphatic rings. The van der Waals surface area contributed by atoms with Crippen LogP contribution < -0.4 is 9.80 Å². The van der Waals surface area contributed by atoms with Crippen LogP contribution in [0.4, 0.5) is 22.1 Å². The monoisotopic (exact) mass is 532 g/mol. The maximum atomic E-state index is 13.4. The van der Waals surface area contributed by atoms with E-state index in [2.05, 4.69) is 26.1 Å². The minimum absolute atomic E-state index is 0.0311. The Morgan fingerprint density at radius 2 is 1.95 bits per heavy atom. The van der Waals surface area contributed by atoms with Crippen molar-refractivity contribution < 1.29 is 14.3 Å². The van der Waals surface area contributed by atoms with Gasteiger partial charge in [0.1, 0.15) is 12.1 Å². The highest BCUT2D eigenvalue weighted by atomic mass is 16.6. The van der Waals surface area contributed by atoms with Crippen LogP contribution in [0.1, 0.15) is 20.8 Å². The molecule has 2 fully saturated rings. The zero-order valence-electron chi connectivity index (χ0n) is 22.6. The molecule has 0 aromatic carbocycles. The zero-order chi connectivity index (χ0) is 27.7. The van der Waals surface area contributed by atoms with Crippen molar-refractivity contribution in [3.05, 3.63) is 42.4 Å². The maximum absolute atomic E-state index is 13.4. The summed E-state index contributed by atoms with van der Waals surface area (Å²) in [5.41, 5.74) is 2.07. The maximum Gasteiger partial charge on any atom is 0.422 e. The molecule has 2 aliphatic heterocycles. The van der Waals surface area contributed by atoms with Crippen molar-refractivity contribution in [1.29, 1.82) is 5.26 Å². The Labute approximate surface area is 226 Å². The topological polar surface area (TPSA) is 128 Å². The van der Waals surface area contributed by atoms with E-state index in [-0.39, 0.29) is 18.4 Å². The number of rotatable bonds is 5. The lowest BCUT2D eigenvalue weighted by atomic mass is 10.1. The Morgan fingerprint density at radius 1 is 1.21 bits per heavy atom. The second-order valence-corrected chi connectivity index (χ2v) is 10.8. The number of pyridine rings is 1. The summed E-state index contributed by atoms with van der Waals surface area (Å²) in [4.78, 5) is 38.3. The SMILES string of the molecule is CN1CCN(C(=O)Cn2cc(N(C(=O)OC(C)(C)C)c3nc4c(N5CC(=CC#N)C5)cccn4n3)cn2)CC1. The number of piperazine rings is 1. The first-order valence-electron chi connectivity index (χ1n) is 12.8. The fourth-order valence-electron chi connectivity index (χ4n) is 4.48. The lowest BCUT2D eigenvalue weighted by Gasteiger charge is -2.35. The van der Waals surface area contributed by atoms with Gasteiger partial charge in [0.25, 0.3) is 5.95 Å². The molecule has 0 unspecified atom stereocenters. The summed E-state index contributed by atoms with van der Waals surface area (Å²) in [6.07, 6.45) is 5.78. The third-order valence-electron chi connectivity index (χ3n) is 6.53. The molecule has 0 aliphatic carbocycles. The molecule has 3 aromatic rings. The van der Waals surface area contributed by atoms with Crippen molar-refractivity contribution in [2.45, 2.75) is 32.9 Å². The van der Waals surface area contributed by atoms with Gasteiger partial charge in [0, 0.05) is 57.7 Å². The van der Waals surface area contributed by atoms with E-state index in [1.807, 2.05) is 24.1 Å². The van der Waals surface area contributed by atoms with Crippen LogP contribution in [0.2, 0.25) is 0 Å². The molecule has 0 atom stereocenters. The molecule has 0 radical (unpaired) electrons. The van der Waals surface area contributed by atoms with Gasteiger partial charge >= 0.3 is 6.09 Å². The highest BCUT2D eigenvalue weighted by Gasteiger charge is 2.31. The lowest BCUT2D eigenvalue weighted by molar-refractivity contribution is -0.133. The van der Waals surface area contributed by atoms with E-state index in [0.717, 1.165) is 24.4 Å². The van der Waals surface area contributed by atoms with Crippen LogP contribution >= 0.6 is 0 Å². The number of allylic oxidation sites excluding steroid dienone is 1. The van der Waals surface area contributed by atoms with Gasteiger partial charge in [0.05, 0.1) is 23.6 Å². The van der Waals surface area contributed by atoms with Gasteiger partial charge < -0.3 is 19.4 Å². The average molecular weight is 533 g/mol. The molecule has 0 bridgehead atoms. The summed E-state index contributed by atoms with van der Waals surface area (Å²) >= 11 is 0. The first kappa shape index (κ1) is 26.2. The Balaban J connectivity index is 1.43. The number of ether oxygens (including phenoxy) is 1. The number of nitrogens with zero attached hydrogens (tertiary/aromatic N) is 10. The number of anilines is 3. The van der Waals surface area contributed by atoms with Crippen molar-refractivity contribution in [2.75, 3.05) is 56.1 Å². The minimum Gasteiger partial charge on any atom is -0.443 e. The van der Waals surface area contributed by atoms with Crippen LogP contribution in [0.3, 0.4) is 0 Å². The van der Waals surface area contributed by atoms with E-state index >= 15 is 0 Å². The second-order valence-electron chi connectivity index (χ2n) is 10.8. The zero-order valence-corrected chi connectivity index (χ0v) is 22.6. The van der Waals surface area contributed by atoms with Crippen LogP contribution in [0.25, 0.3) is 5.65 Å². The number of amides is 2. The number of aromatic nitrogens is 5. The molecule has 2 amide bonds. The van der Waals surface area contributed by atoms with E-state index < -0.39 is 11.7 Å². The number of likely N-dealkylation sites (N-methyl/N-ethyl adjacent to an activating group) is 1. The molecule has 3 aromatic heterocycles. The van der Waals surface area contributed by atoms with E-state index in [1.54, 1.807) is 43.8 Å². The van der Waals surface area contributed by atoms with Crippen LogP contribution in [0, 0.1) is 11.3 Å². The smallest absolute Gasteiger partial charge is 0.422 e.